The van der Waals surface area contributed by atoms with E-state index < -0.39 is 6.04 Å². The van der Waals surface area contributed by atoms with Gasteiger partial charge in [0.1, 0.15) is 6.04 Å². The zero-order valence-electron chi connectivity index (χ0n) is 17.7. The maximum atomic E-state index is 12.3. The molecular weight excluding hydrogens is 376 g/mol. The zero-order valence-corrected chi connectivity index (χ0v) is 17.7. The van der Waals surface area contributed by atoms with Gasteiger partial charge < -0.3 is 16.0 Å². The van der Waals surface area contributed by atoms with Gasteiger partial charge in [0.05, 0.1) is 17.8 Å². The molecule has 0 aliphatic carbocycles. The standard InChI is InChI=1S/C24H32N4O2/c1-2-3-15-28(18-19-10-5-4-6-11-19)16-9-14-25-23(29)17-22-24(30)27-21-13-8-7-12-20(21)26-22/h4-8,10-13,22,26H,2-3,9,14-18H2,1H3,(H,25,29)(H,27,30)/t22-/m1/s1. The van der Waals surface area contributed by atoms with Crippen molar-refractivity contribution in [1.29, 1.82) is 0 Å². The molecule has 0 saturated carbocycles. The van der Waals surface area contributed by atoms with E-state index in [1.807, 2.05) is 30.3 Å². The van der Waals surface area contributed by atoms with Crippen molar-refractivity contribution in [2.24, 2.45) is 0 Å². The molecule has 3 rings (SSSR count). The lowest BCUT2D eigenvalue weighted by Crippen LogP contribution is -2.42. The molecule has 0 fully saturated rings. The zero-order chi connectivity index (χ0) is 21.2. The van der Waals surface area contributed by atoms with Gasteiger partial charge in [0, 0.05) is 19.6 Å². The number of unbranched alkanes of at least 4 members (excludes halogenated alkanes) is 1. The number of nitrogens with zero attached hydrogens (tertiary/aromatic N) is 1. The molecular formula is C24H32N4O2. The van der Waals surface area contributed by atoms with E-state index in [4.69, 9.17) is 0 Å². The van der Waals surface area contributed by atoms with Gasteiger partial charge in [-0.15, -0.1) is 0 Å². The predicted octanol–water partition coefficient (Wildman–Crippen LogP) is 3.62. The number of fused-ring (bicyclic) bond motifs is 1. The van der Waals surface area contributed by atoms with Crippen LogP contribution in [0, 0.1) is 0 Å². The van der Waals surface area contributed by atoms with E-state index in [1.165, 1.54) is 18.4 Å². The number of nitrogens with one attached hydrogen (secondary N) is 3. The van der Waals surface area contributed by atoms with Gasteiger partial charge in [0.15, 0.2) is 0 Å². The van der Waals surface area contributed by atoms with Gasteiger partial charge >= 0.3 is 0 Å². The van der Waals surface area contributed by atoms with Crippen LogP contribution < -0.4 is 16.0 Å². The number of carbonyl (C=O) groups excluding carboxylic acids is 2. The summed E-state index contributed by atoms with van der Waals surface area (Å²) in [6.45, 7) is 5.74. The van der Waals surface area contributed by atoms with E-state index in [0.717, 1.165) is 37.4 Å². The number of para-hydroxylation sites is 2. The normalized spacial score (nSPS) is 15.3. The first kappa shape index (κ1) is 21.8. The summed E-state index contributed by atoms with van der Waals surface area (Å²) in [5.41, 5.74) is 2.92. The van der Waals surface area contributed by atoms with E-state index in [0.29, 0.717) is 6.54 Å². The summed E-state index contributed by atoms with van der Waals surface area (Å²) in [6, 6.07) is 17.5. The summed E-state index contributed by atoms with van der Waals surface area (Å²) in [5.74, 6) is -0.275. The molecule has 6 heteroatoms. The Hall–Kier alpha value is -2.86. The van der Waals surface area contributed by atoms with Crippen molar-refractivity contribution in [2.75, 3.05) is 30.3 Å². The molecule has 3 N–H and O–H groups in total. The molecule has 0 saturated heterocycles. The van der Waals surface area contributed by atoms with Crippen LogP contribution in [0.25, 0.3) is 0 Å². The maximum absolute atomic E-state index is 12.3. The third-order valence-electron chi connectivity index (χ3n) is 5.27. The van der Waals surface area contributed by atoms with Crippen LogP contribution >= 0.6 is 0 Å². The lowest BCUT2D eigenvalue weighted by atomic mass is 10.1. The monoisotopic (exact) mass is 408 g/mol. The van der Waals surface area contributed by atoms with Crippen molar-refractivity contribution < 1.29 is 9.59 Å². The van der Waals surface area contributed by atoms with Gasteiger partial charge in [-0.25, -0.2) is 0 Å². The Labute approximate surface area is 179 Å². The van der Waals surface area contributed by atoms with Gasteiger partial charge in [-0.3, -0.25) is 14.5 Å². The van der Waals surface area contributed by atoms with Crippen LogP contribution in [-0.4, -0.2) is 42.4 Å². The van der Waals surface area contributed by atoms with Gasteiger partial charge in [-0.05, 0) is 37.1 Å². The highest BCUT2D eigenvalue weighted by atomic mass is 16.2. The Morgan fingerprint density at radius 2 is 1.70 bits per heavy atom. The summed E-state index contributed by atoms with van der Waals surface area (Å²) in [7, 11) is 0. The molecule has 160 valence electrons. The molecule has 1 atom stereocenters. The second-order valence-corrected chi connectivity index (χ2v) is 7.75. The molecule has 2 aromatic carbocycles. The summed E-state index contributed by atoms with van der Waals surface area (Å²) in [4.78, 5) is 27.0. The fourth-order valence-corrected chi connectivity index (χ4v) is 3.62. The van der Waals surface area contributed by atoms with Gasteiger partial charge in [-0.2, -0.15) is 0 Å². The first-order chi connectivity index (χ1) is 14.7. The van der Waals surface area contributed by atoms with Crippen LogP contribution in [0.15, 0.2) is 54.6 Å². The fraction of sp³-hybridized carbons (Fsp3) is 0.417. The van der Waals surface area contributed by atoms with Crippen molar-refractivity contribution in [3.8, 4) is 0 Å². The largest absolute Gasteiger partial charge is 0.372 e. The highest BCUT2D eigenvalue weighted by molar-refractivity contribution is 6.04. The summed E-state index contributed by atoms with van der Waals surface area (Å²) in [6.07, 6.45) is 3.35. The number of carbonyl (C=O) groups is 2. The van der Waals surface area contributed by atoms with Crippen LogP contribution in [0.3, 0.4) is 0 Å². The molecule has 2 amide bonds. The average molecular weight is 409 g/mol. The third kappa shape index (κ3) is 6.59. The molecule has 0 bridgehead atoms. The lowest BCUT2D eigenvalue weighted by Gasteiger charge is -2.26. The number of benzene rings is 2. The summed E-state index contributed by atoms with van der Waals surface area (Å²) < 4.78 is 0. The number of hydrogen-bond acceptors (Lipinski definition) is 4. The first-order valence-corrected chi connectivity index (χ1v) is 10.8. The molecule has 0 spiro atoms. The van der Waals surface area contributed by atoms with Crippen LogP contribution in [-0.2, 0) is 16.1 Å². The molecule has 0 aromatic heterocycles. The summed E-state index contributed by atoms with van der Waals surface area (Å²) >= 11 is 0. The van der Waals surface area contributed by atoms with Gasteiger partial charge in [-0.1, -0.05) is 55.8 Å². The molecule has 2 aromatic rings. The van der Waals surface area contributed by atoms with Crippen LogP contribution in [0.5, 0.6) is 0 Å². The van der Waals surface area contributed by atoms with E-state index in [1.54, 1.807) is 0 Å². The van der Waals surface area contributed by atoms with E-state index in [-0.39, 0.29) is 18.2 Å². The second kappa shape index (κ2) is 11.4. The fourth-order valence-electron chi connectivity index (χ4n) is 3.62. The summed E-state index contributed by atoms with van der Waals surface area (Å²) in [5, 5.41) is 8.97. The topological polar surface area (TPSA) is 73.5 Å². The van der Waals surface area contributed by atoms with E-state index in [2.05, 4.69) is 52.0 Å². The third-order valence-corrected chi connectivity index (χ3v) is 5.27. The number of rotatable bonds is 11. The Bertz CT molecular complexity index is 825. The quantitative estimate of drug-likeness (QED) is 0.497. The predicted molar refractivity (Wildman–Crippen MR) is 121 cm³/mol. The van der Waals surface area contributed by atoms with Gasteiger partial charge in [0.2, 0.25) is 11.8 Å². The van der Waals surface area contributed by atoms with Crippen LogP contribution in [0.2, 0.25) is 0 Å². The molecule has 1 aliphatic rings. The second-order valence-electron chi connectivity index (χ2n) is 7.75. The number of amides is 2. The molecule has 6 nitrogen and oxygen atoms in total. The average Bonchev–Trinajstić information content (AvgIpc) is 2.76. The van der Waals surface area contributed by atoms with Crippen molar-refractivity contribution in [2.45, 2.75) is 45.2 Å². The highest BCUT2D eigenvalue weighted by Gasteiger charge is 2.27. The van der Waals surface area contributed by atoms with E-state index >= 15 is 0 Å². The van der Waals surface area contributed by atoms with E-state index in [9.17, 15) is 9.59 Å². The Morgan fingerprint density at radius 3 is 2.47 bits per heavy atom. The minimum absolute atomic E-state index is 0.106. The van der Waals surface area contributed by atoms with Crippen LogP contribution in [0.1, 0.15) is 38.2 Å². The molecule has 1 aliphatic heterocycles. The number of anilines is 2. The van der Waals surface area contributed by atoms with Crippen molar-refractivity contribution in [3.05, 3.63) is 60.2 Å². The molecule has 1 heterocycles. The minimum atomic E-state index is -0.543. The SMILES string of the molecule is CCCCN(CCCNC(=O)C[C@H]1Nc2ccccc2NC1=O)Cc1ccccc1. The number of hydrogen-bond donors (Lipinski definition) is 3. The van der Waals surface area contributed by atoms with Crippen molar-refractivity contribution >= 4 is 23.2 Å². The molecule has 30 heavy (non-hydrogen) atoms. The smallest absolute Gasteiger partial charge is 0.247 e. The minimum Gasteiger partial charge on any atom is -0.372 e. The Kier molecular flexibility index (Phi) is 8.27. The van der Waals surface area contributed by atoms with Crippen LogP contribution in [0.4, 0.5) is 11.4 Å². The molecule has 0 unspecified atom stereocenters. The Morgan fingerprint density at radius 1 is 1.00 bits per heavy atom. The Balaban J connectivity index is 1.40. The van der Waals surface area contributed by atoms with Crippen molar-refractivity contribution in [1.82, 2.24) is 10.2 Å². The van der Waals surface area contributed by atoms with Crippen molar-refractivity contribution in [3.63, 3.8) is 0 Å². The van der Waals surface area contributed by atoms with Gasteiger partial charge in [0.25, 0.3) is 0 Å². The first-order valence-electron chi connectivity index (χ1n) is 10.8. The lowest BCUT2D eigenvalue weighted by molar-refractivity contribution is -0.125. The molecule has 0 radical (unpaired) electrons. The highest BCUT2D eigenvalue weighted by Crippen LogP contribution is 2.26. The maximum Gasteiger partial charge on any atom is 0.247 e.